The Bertz CT molecular complexity index is 674. The van der Waals surface area contributed by atoms with Crippen molar-refractivity contribution >= 4 is 10.9 Å². The summed E-state index contributed by atoms with van der Waals surface area (Å²) in [5, 5.41) is 1.16. The average Bonchev–Trinajstić information content (AvgIpc) is 2.85. The fourth-order valence-corrected chi connectivity index (χ4v) is 2.29. The molecule has 3 heteroatoms. The number of rotatable bonds is 4. The van der Waals surface area contributed by atoms with Crippen molar-refractivity contribution in [3.8, 4) is 11.6 Å². The normalized spacial score (nSPS) is 10.8. The zero-order valence-corrected chi connectivity index (χ0v) is 10.9. The molecule has 3 rings (SSSR count). The Morgan fingerprint density at radius 1 is 1.16 bits per heavy atom. The zero-order valence-electron chi connectivity index (χ0n) is 10.9. The minimum absolute atomic E-state index is 0.624. The van der Waals surface area contributed by atoms with Gasteiger partial charge in [-0.15, -0.1) is 0 Å². The van der Waals surface area contributed by atoms with Crippen molar-refractivity contribution in [3.05, 3.63) is 54.4 Å². The van der Waals surface area contributed by atoms with E-state index in [0.717, 1.165) is 29.5 Å². The van der Waals surface area contributed by atoms with Gasteiger partial charge in [-0.3, -0.25) is 0 Å². The van der Waals surface area contributed by atoms with Gasteiger partial charge in [0, 0.05) is 29.4 Å². The van der Waals surface area contributed by atoms with E-state index in [1.807, 2.05) is 30.3 Å². The fourth-order valence-electron chi connectivity index (χ4n) is 2.29. The minimum atomic E-state index is 0.624. The lowest BCUT2D eigenvalue weighted by atomic mass is 10.1. The first-order valence-corrected chi connectivity index (χ1v) is 6.56. The van der Waals surface area contributed by atoms with Crippen LogP contribution in [0.15, 0.2) is 48.8 Å². The molecule has 0 spiro atoms. The Balaban J connectivity index is 2.05. The summed E-state index contributed by atoms with van der Waals surface area (Å²) in [6.07, 6.45) is 5.96. The van der Waals surface area contributed by atoms with Crippen LogP contribution in [0.25, 0.3) is 10.9 Å². The van der Waals surface area contributed by atoms with Gasteiger partial charge < -0.3 is 9.72 Å². The smallest absolute Gasteiger partial charge is 0.219 e. The lowest BCUT2D eigenvalue weighted by molar-refractivity contribution is 0.468. The number of hydrogen-bond donors (Lipinski definition) is 1. The van der Waals surface area contributed by atoms with Crippen LogP contribution in [0, 0.1) is 0 Å². The van der Waals surface area contributed by atoms with Gasteiger partial charge in [-0.1, -0.05) is 25.5 Å². The summed E-state index contributed by atoms with van der Waals surface area (Å²) in [5.74, 6) is 1.49. The number of pyridine rings is 1. The topological polar surface area (TPSA) is 37.9 Å². The molecule has 0 saturated carbocycles. The van der Waals surface area contributed by atoms with Crippen LogP contribution in [0.2, 0.25) is 0 Å². The first-order chi connectivity index (χ1) is 9.38. The predicted octanol–water partition coefficient (Wildman–Crippen LogP) is 4.31. The highest BCUT2D eigenvalue weighted by Crippen LogP contribution is 2.32. The molecule has 0 radical (unpaired) electrons. The molecule has 3 aromatic rings. The Morgan fingerprint density at radius 3 is 2.89 bits per heavy atom. The zero-order chi connectivity index (χ0) is 13.1. The predicted molar refractivity (Wildman–Crippen MR) is 76.6 cm³/mol. The number of hydrogen-bond acceptors (Lipinski definition) is 2. The van der Waals surface area contributed by atoms with E-state index in [-0.39, 0.29) is 0 Å². The molecule has 0 amide bonds. The van der Waals surface area contributed by atoms with Crippen LogP contribution in [0.1, 0.15) is 18.9 Å². The summed E-state index contributed by atoms with van der Waals surface area (Å²) in [7, 11) is 0. The Kier molecular flexibility index (Phi) is 3.19. The number of fused-ring (bicyclic) bond motifs is 1. The van der Waals surface area contributed by atoms with Crippen molar-refractivity contribution in [1.29, 1.82) is 0 Å². The molecule has 2 heterocycles. The van der Waals surface area contributed by atoms with Crippen LogP contribution in [0.3, 0.4) is 0 Å². The van der Waals surface area contributed by atoms with Crippen molar-refractivity contribution in [3.63, 3.8) is 0 Å². The van der Waals surface area contributed by atoms with Gasteiger partial charge in [0.1, 0.15) is 5.75 Å². The molecule has 96 valence electrons. The standard InChI is InChI=1S/C16H16N2O/c1-2-6-12-11-18-13-7-5-8-14(16(12)13)19-15-9-3-4-10-17-15/h3-5,7-11,18H,2,6H2,1H3. The number of nitrogens with zero attached hydrogens (tertiary/aromatic N) is 1. The molecule has 0 unspecified atom stereocenters. The van der Waals surface area contributed by atoms with Crippen molar-refractivity contribution in [1.82, 2.24) is 9.97 Å². The fraction of sp³-hybridized carbons (Fsp3) is 0.188. The molecule has 1 aromatic carbocycles. The molecule has 0 fully saturated rings. The lowest BCUT2D eigenvalue weighted by Crippen LogP contribution is -1.89. The van der Waals surface area contributed by atoms with E-state index in [4.69, 9.17) is 4.74 Å². The van der Waals surface area contributed by atoms with Crippen LogP contribution in [-0.4, -0.2) is 9.97 Å². The third kappa shape index (κ3) is 2.32. The number of ether oxygens (including phenoxy) is 1. The first kappa shape index (κ1) is 11.8. The van der Waals surface area contributed by atoms with E-state index in [1.54, 1.807) is 6.20 Å². The number of aromatic nitrogens is 2. The molecule has 0 aliphatic carbocycles. The number of aromatic amines is 1. The van der Waals surface area contributed by atoms with Gasteiger partial charge in [0.2, 0.25) is 5.88 Å². The molecule has 2 aromatic heterocycles. The van der Waals surface area contributed by atoms with Crippen molar-refractivity contribution in [2.24, 2.45) is 0 Å². The maximum atomic E-state index is 5.91. The quantitative estimate of drug-likeness (QED) is 0.751. The number of benzene rings is 1. The Hall–Kier alpha value is -2.29. The lowest BCUT2D eigenvalue weighted by Gasteiger charge is -2.07. The second kappa shape index (κ2) is 5.14. The van der Waals surface area contributed by atoms with Crippen molar-refractivity contribution < 1.29 is 4.74 Å². The van der Waals surface area contributed by atoms with Crippen LogP contribution >= 0.6 is 0 Å². The maximum Gasteiger partial charge on any atom is 0.219 e. The molecule has 3 nitrogen and oxygen atoms in total. The van der Waals surface area contributed by atoms with Crippen LogP contribution in [0.5, 0.6) is 11.6 Å². The SMILES string of the molecule is CCCc1c[nH]c2cccc(Oc3ccccn3)c12. The molecule has 0 atom stereocenters. The number of nitrogens with one attached hydrogen (secondary N) is 1. The van der Waals surface area contributed by atoms with Crippen molar-refractivity contribution in [2.45, 2.75) is 19.8 Å². The number of aryl methyl sites for hydroxylation is 1. The van der Waals surface area contributed by atoms with E-state index in [0.29, 0.717) is 5.88 Å². The summed E-state index contributed by atoms with van der Waals surface area (Å²) in [6.45, 7) is 2.18. The Morgan fingerprint density at radius 2 is 2.11 bits per heavy atom. The van der Waals surface area contributed by atoms with E-state index in [2.05, 4.69) is 29.2 Å². The summed E-state index contributed by atoms with van der Waals surface area (Å²) in [6, 6.07) is 11.7. The van der Waals surface area contributed by atoms with E-state index >= 15 is 0 Å². The molecule has 0 aliphatic rings. The molecular weight excluding hydrogens is 236 g/mol. The summed E-state index contributed by atoms with van der Waals surface area (Å²) in [4.78, 5) is 7.51. The van der Waals surface area contributed by atoms with Gasteiger partial charge >= 0.3 is 0 Å². The average molecular weight is 252 g/mol. The highest BCUT2D eigenvalue weighted by atomic mass is 16.5. The molecule has 0 saturated heterocycles. The molecule has 0 aliphatic heterocycles. The number of H-pyrrole nitrogens is 1. The van der Waals surface area contributed by atoms with Gasteiger partial charge in [-0.2, -0.15) is 0 Å². The van der Waals surface area contributed by atoms with E-state index in [1.165, 1.54) is 5.56 Å². The third-order valence-corrected chi connectivity index (χ3v) is 3.12. The second-order valence-electron chi connectivity index (χ2n) is 4.51. The maximum absolute atomic E-state index is 5.91. The highest BCUT2D eigenvalue weighted by molar-refractivity contribution is 5.89. The van der Waals surface area contributed by atoms with E-state index < -0.39 is 0 Å². The molecule has 1 N–H and O–H groups in total. The van der Waals surface area contributed by atoms with Crippen LogP contribution < -0.4 is 4.74 Å². The monoisotopic (exact) mass is 252 g/mol. The van der Waals surface area contributed by atoms with Gasteiger partial charge in [0.15, 0.2) is 0 Å². The van der Waals surface area contributed by atoms with Gasteiger partial charge in [0.25, 0.3) is 0 Å². The Labute approximate surface area is 112 Å². The summed E-state index contributed by atoms with van der Waals surface area (Å²) in [5.41, 5.74) is 2.40. The van der Waals surface area contributed by atoms with Crippen LogP contribution in [-0.2, 0) is 6.42 Å². The van der Waals surface area contributed by atoms with Gasteiger partial charge in [0.05, 0.1) is 0 Å². The van der Waals surface area contributed by atoms with E-state index in [9.17, 15) is 0 Å². The largest absolute Gasteiger partial charge is 0.438 e. The summed E-state index contributed by atoms with van der Waals surface area (Å²) < 4.78 is 5.91. The summed E-state index contributed by atoms with van der Waals surface area (Å²) >= 11 is 0. The molecular formula is C16H16N2O. The molecule has 0 bridgehead atoms. The van der Waals surface area contributed by atoms with Gasteiger partial charge in [-0.25, -0.2) is 4.98 Å². The van der Waals surface area contributed by atoms with Gasteiger partial charge in [-0.05, 0) is 30.2 Å². The minimum Gasteiger partial charge on any atom is -0.438 e. The van der Waals surface area contributed by atoms with Crippen LogP contribution in [0.4, 0.5) is 0 Å². The highest BCUT2D eigenvalue weighted by Gasteiger charge is 2.09. The molecule has 19 heavy (non-hydrogen) atoms. The third-order valence-electron chi connectivity index (χ3n) is 3.12. The first-order valence-electron chi connectivity index (χ1n) is 6.56. The van der Waals surface area contributed by atoms with Crippen molar-refractivity contribution in [2.75, 3.05) is 0 Å². The second-order valence-corrected chi connectivity index (χ2v) is 4.51.